The van der Waals surface area contributed by atoms with Crippen LogP contribution in [-0.2, 0) is 9.59 Å². The highest BCUT2D eigenvalue weighted by molar-refractivity contribution is 6.05. The molecule has 33 heavy (non-hydrogen) atoms. The minimum Gasteiger partial charge on any atom is -0.481 e. The van der Waals surface area contributed by atoms with Gasteiger partial charge in [-0.05, 0) is 18.6 Å². The average molecular weight is 454 g/mol. The van der Waals surface area contributed by atoms with Crippen LogP contribution in [-0.4, -0.2) is 68.1 Å². The lowest BCUT2D eigenvalue weighted by Crippen LogP contribution is -2.41. The summed E-state index contributed by atoms with van der Waals surface area (Å²) in [5, 5.41) is 20.6. The van der Waals surface area contributed by atoms with Gasteiger partial charge in [-0.1, -0.05) is 6.07 Å². The number of fused-ring (bicyclic) bond motifs is 1. The van der Waals surface area contributed by atoms with E-state index in [1.807, 2.05) is 0 Å². The Balaban J connectivity index is 2.10. The molecule has 0 aliphatic heterocycles. The molecule has 2 heterocycles. The molecule has 7 N–H and O–H groups in total. The van der Waals surface area contributed by atoms with E-state index in [-0.39, 0.29) is 40.6 Å². The lowest BCUT2D eigenvalue weighted by Gasteiger charge is -2.21. The predicted molar refractivity (Wildman–Crippen MR) is 119 cm³/mol. The van der Waals surface area contributed by atoms with Crippen LogP contribution >= 0.6 is 0 Å². The van der Waals surface area contributed by atoms with E-state index in [2.05, 4.69) is 25.3 Å². The topological polar surface area (TPSA) is 211 Å². The number of aromatic nitrogens is 4. The van der Waals surface area contributed by atoms with Crippen molar-refractivity contribution in [3.8, 4) is 11.3 Å². The van der Waals surface area contributed by atoms with Gasteiger partial charge in [-0.2, -0.15) is 9.97 Å². The molecular weight excluding hydrogens is 432 g/mol. The molecule has 13 heteroatoms. The first-order valence-electron chi connectivity index (χ1n) is 9.70. The van der Waals surface area contributed by atoms with Gasteiger partial charge in [0.15, 0.2) is 17.0 Å². The summed E-state index contributed by atoms with van der Waals surface area (Å²) in [6.07, 6.45) is 0.705. The minimum atomic E-state index is -1.39. The Morgan fingerprint density at radius 1 is 1.12 bits per heavy atom. The number of benzene rings is 1. The Morgan fingerprint density at radius 3 is 2.48 bits per heavy atom. The minimum absolute atomic E-state index is 0.0137. The zero-order valence-corrected chi connectivity index (χ0v) is 17.8. The molecule has 172 valence electrons. The molecule has 1 aromatic carbocycles. The van der Waals surface area contributed by atoms with Crippen molar-refractivity contribution in [2.24, 2.45) is 0 Å². The van der Waals surface area contributed by atoms with Gasteiger partial charge in [0.05, 0.1) is 17.5 Å². The van der Waals surface area contributed by atoms with Gasteiger partial charge < -0.3 is 31.9 Å². The molecule has 0 aliphatic carbocycles. The third kappa shape index (κ3) is 5.03. The van der Waals surface area contributed by atoms with E-state index < -0.39 is 30.3 Å². The smallest absolute Gasteiger partial charge is 0.326 e. The maximum absolute atomic E-state index is 13.1. The summed E-state index contributed by atoms with van der Waals surface area (Å²) in [4.78, 5) is 53.8. The van der Waals surface area contributed by atoms with Gasteiger partial charge in [0.2, 0.25) is 5.95 Å². The van der Waals surface area contributed by atoms with Crippen molar-refractivity contribution >= 4 is 46.5 Å². The lowest BCUT2D eigenvalue weighted by molar-refractivity contribution is -0.140. The molecule has 1 atom stereocenters. The van der Waals surface area contributed by atoms with E-state index in [1.54, 1.807) is 31.1 Å². The molecule has 0 radical (unpaired) electrons. The summed E-state index contributed by atoms with van der Waals surface area (Å²) < 4.78 is 0. The van der Waals surface area contributed by atoms with Crippen molar-refractivity contribution in [1.82, 2.24) is 25.3 Å². The van der Waals surface area contributed by atoms with Crippen molar-refractivity contribution in [3.63, 3.8) is 0 Å². The number of carboxylic acids is 2. The molecule has 0 saturated heterocycles. The van der Waals surface area contributed by atoms with Gasteiger partial charge in [0, 0.05) is 31.8 Å². The van der Waals surface area contributed by atoms with Crippen LogP contribution in [0, 0.1) is 0 Å². The Bertz CT molecular complexity index is 1250. The van der Waals surface area contributed by atoms with Crippen LogP contribution in [0.5, 0.6) is 0 Å². The molecule has 0 aliphatic rings. The van der Waals surface area contributed by atoms with Gasteiger partial charge in [-0.3, -0.25) is 9.59 Å². The summed E-state index contributed by atoms with van der Waals surface area (Å²) in [5.74, 6) is -3.27. The average Bonchev–Trinajstić information content (AvgIpc) is 2.75. The fourth-order valence-electron chi connectivity index (χ4n) is 3.20. The van der Waals surface area contributed by atoms with Gasteiger partial charge in [-0.25, -0.2) is 14.8 Å². The van der Waals surface area contributed by atoms with Crippen LogP contribution in [0.3, 0.4) is 0 Å². The van der Waals surface area contributed by atoms with Crippen molar-refractivity contribution in [3.05, 3.63) is 30.0 Å². The Hall–Kier alpha value is -4.55. The number of nitrogens with one attached hydrogen (secondary N) is 1. The lowest BCUT2D eigenvalue weighted by atomic mass is 10.00. The van der Waals surface area contributed by atoms with Gasteiger partial charge in [-0.15, -0.1) is 0 Å². The van der Waals surface area contributed by atoms with E-state index in [0.717, 1.165) is 0 Å². The molecule has 0 fully saturated rings. The van der Waals surface area contributed by atoms with Crippen molar-refractivity contribution in [2.45, 2.75) is 18.9 Å². The molecule has 1 amide bonds. The van der Waals surface area contributed by atoms with Crippen LogP contribution in [0.2, 0.25) is 0 Å². The molecule has 2 aromatic heterocycles. The molecule has 0 spiro atoms. The van der Waals surface area contributed by atoms with Crippen LogP contribution in [0.25, 0.3) is 22.4 Å². The van der Waals surface area contributed by atoms with Crippen molar-refractivity contribution in [1.29, 1.82) is 0 Å². The number of carbonyl (C=O) groups excluding carboxylic acids is 1. The van der Waals surface area contributed by atoms with E-state index >= 15 is 0 Å². The van der Waals surface area contributed by atoms with Crippen molar-refractivity contribution in [2.75, 3.05) is 30.5 Å². The molecular formula is C20H22N8O5. The first-order chi connectivity index (χ1) is 15.6. The number of carbonyl (C=O) groups is 3. The first kappa shape index (κ1) is 23.1. The molecule has 13 nitrogen and oxygen atoms in total. The standard InChI is InChI=1S/C20H22N8O5/c1-28(2)12-5-3-4-9(18(31)25-10(19(32)33)6-7-13(29)30)14(12)11-8-23-17-15(24-11)16(21)26-20(22)27-17/h3-5,8,10H,6-7H2,1-2H3,(H,25,31)(H,29,30)(H,32,33)(H4,21,22,23,26,27)/t10-/m1/s1. The summed E-state index contributed by atoms with van der Waals surface area (Å²) in [5.41, 5.74) is 13.2. The number of nitrogens with zero attached hydrogens (tertiary/aromatic N) is 5. The van der Waals surface area contributed by atoms with Gasteiger partial charge >= 0.3 is 11.9 Å². The Kier molecular flexibility index (Phi) is 6.51. The summed E-state index contributed by atoms with van der Waals surface area (Å²) in [7, 11) is 3.53. The number of rotatable bonds is 8. The summed E-state index contributed by atoms with van der Waals surface area (Å²) in [6, 6.07) is 3.50. The van der Waals surface area contributed by atoms with Crippen LogP contribution in [0.1, 0.15) is 23.2 Å². The number of carboxylic acid groups (broad SMARTS) is 2. The van der Waals surface area contributed by atoms with E-state index in [1.165, 1.54) is 12.3 Å². The number of aliphatic carboxylic acids is 2. The number of nitrogen functional groups attached to an aromatic ring is 2. The van der Waals surface area contributed by atoms with Gasteiger partial charge in [0.1, 0.15) is 6.04 Å². The maximum Gasteiger partial charge on any atom is 0.326 e. The monoisotopic (exact) mass is 454 g/mol. The second kappa shape index (κ2) is 9.30. The number of amides is 1. The first-order valence-corrected chi connectivity index (χ1v) is 9.70. The van der Waals surface area contributed by atoms with Crippen LogP contribution in [0.15, 0.2) is 24.4 Å². The van der Waals surface area contributed by atoms with E-state index in [0.29, 0.717) is 11.3 Å². The highest BCUT2D eigenvalue weighted by atomic mass is 16.4. The number of hydrogen-bond acceptors (Lipinski definition) is 10. The zero-order valence-electron chi connectivity index (χ0n) is 17.8. The van der Waals surface area contributed by atoms with Gasteiger partial charge in [0.25, 0.3) is 5.91 Å². The number of nitrogens with two attached hydrogens (primary N) is 2. The third-order valence-corrected chi connectivity index (χ3v) is 4.73. The maximum atomic E-state index is 13.1. The number of anilines is 3. The molecule has 0 unspecified atom stereocenters. The Morgan fingerprint density at radius 2 is 1.85 bits per heavy atom. The predicted octanol–water partition coefficient (Wildman–Crippen LogP) is 0.365. The summed E-state index contributed by atoms with van der Waals surface area (Å²) >= 11 is 0. The SMILES string of the molecule is CN(C)c1cccc(C(=O)N[C@H](CCC(=O)O)C(=O)O)c1-c1cnc2nc(N)nc(N)c2n1. The fourth-order valence-corrected chi connectivity index (χ4v) is 3.20. The highest BCUT2D eigenvalue weighted by Crippen LogP contribution is 2.33. The molecule has 0 bridgehead atoms. The second-order valence-electron chi connectivity index (χ2n) is 7.29. The summed E-state index contributed by atoms with van der Waals surface area (Å²) in [6.45, 7) is 0. The number of hydrogen-bond donors (Lipinski definition) is 5. The molecule has 3 rings (SSSR count). The van der Waals surface area contributed by atoms with Crippen LogP contribution < -0.4 is 21.7 Å². The largest absolute Gasteiger partial charge is 0.481 e. The van der Waals surface area contributed by atoms with E-state index in [4.69, 9.17) is 16.6 Å². The normalized spacial score (nSPS) is 11.7. The van der Waals surface area contributed by atoms with E-state index in [9.17, 15) is 19.5 Å². The fraction of sp³-hybridized carbons (Fsp3) is 0.250. The Labute approximate surface area is 187 Å². The van der Waals surface area contributed by atoms with Crippen molar-refractivity contribution < 1.29 is 24.6 Å². The van der Waals surface area contributed by atoms with Crippen LogP contribution in [0.4, 0.5) is 17.5 Å². The zero-order chi connectivity index (χ0) is 24.3. The molecule has 3 aromatic rings. The highest BCUT2D eigenvalue weighted by Gasteiger charge is 2.25. The second-order valence-corrected chi connectivity index (χ2v) is 7.29. The third-order valence-electron chi connectivity index (χ3n) is 4.73. The quantitative estimate of drug-likeness (QED) is 0.312. The molecule has 0 saturated carbocycles.